The Morgan fingerprint density at radius 3 is 2.55 bits per heavy atom. The van der Waals surface area contributed by atoms with Gasteiger partial charge in [0, 0.05) is 34.2 Å². The molecule has 0 saturated carbocycles. The van der Waals surface area contributed by atoms with E-state index in [0.717, 1.165) is 16.5 Å². The molecule has 2 aromatic carbocycles. The Balaban J connectivity index is 1.89. The van der Waals surface area contributed by atoms with Crippen LogP contribution in [0.25, 0.3) is 10.9 Å². The van der Waals surface area contributed by atoms with E-state index in [2.05, 4.69) is 15.6 Å². The Morgan fingerprint density at radius 2 is 1.90 bits per heavy atom. The van der Waals surface area contributed by atoms with E-state index >= 15 is 0 Å². The Labute approximate surface area is 174 Å². The third-order valence-corrected chi connectivity index (χ3v) is 4.81. The lowest BCUT2D eigenvalue weighted by atomic mass is 9.94. The minimum atomic E-state index is -1.11. The first-order valence-corrected chi connectivity index (χ1v) is 9.76. The molecule has 0 radical (unpaired) electrons. The normalized spacial score (nSPS) is 14.0. The van der Waals surface area contributed by atoms with Gasteiger partial charge in [0.2, 0.25) is 5.91 Å². The van der Waals surface area contributed by atoms with Gasteiger partial charge < -0.3 is 15.4 Å². The van der Waals surface area contributed by atoms with Crippen molar-refractivity contribution in [1.29, 1.82) is 0 Å². The second-order valence-electron chi connectivity index (χ2n) is 8.10. The van der Waals surface area contributed by atoms with Crippen LogP contribution in [0.15, 0.2) is 48.7 Å². The summed E-state index contributed by atoms with van der Waals surface area (Å²) in [5.74, 6) is -1.53. The van der Waals surface area contributed by atoms with Crippen molar-refractivity contribution in [3.8, 4) is 0 Å². The minimum absolute atomic E-state index is 0.228. The number of aliphatic hydroxyl groups excluding tert-OH is 1. The van der Waals surface area contributed by atoms with Crippen molar-refractivity contribution in [2.24, 2.45) is 0 Å². The first-order chi connectivity index (χ1) is 13.6. The molecule has 0 spiro atoms. The largest absolute Gasteiger partial charge is 0.377 e. The van der Waals surface area contributed by atoms with Gasteiger partial charge in [-0.3, -0.25) is 10.1 Å². The number of fused-ring (bicyclic) bond motifs is 1. The maximum absolute atomic E-state index is 13.1. The summed E-state index contributed by atoms with van der Waals surface area (Å²) < 4.78 is 13.1. The molecule has 1 aromatic heterocycles. The molecule has 1 heterocycles. The number of halogens is 2. The van der Waals surface area contributed by atoms with Gasteiger partial charge in [-0.05, 0) is 56.2 Å². The van der Waals surface area contributed by atoms with Crippen molar-refractivity contribution in [2.75, 3.05) is 0 Å². The van der Waals surface area contributed by atoms with Crippen LogP contribution in [-0.2, 0) is 11.3 Å². The maximum Gasteiger partial charge on any atom is 0.231 e. The van der Waals surface area contributed by atoms with Gasteiger partial charge in [-0.2, -0.15) is 0 Å². The summed E-state index contributed by atoms with van der Waals surface area (Å²) in [6.45, 7) is 5.97. The van der Waals surface area contributed by atoms with Crippen LogP contribution in [0.2, 0.25) is 5.02 Å². The van der Waals surface area contributed by atoms with E-state index in [9.17, 15) is 14.3 Å². The fourth-order valence-corrected chi connectivity index (χ4v) is 3.43. The Morgan fingerprint density at radius 1 is 1.21 bits per heavy atom. The average molecular weight is 418 g/mol. The number of hydrogen-bond donors (Lipinski definition) is 4. The summed E-state index contributed by atoms with van der Waals surface area (Å²) >= 11 is 6.06. The van der Waals surface area contributed by atoms with Crippen molar-refractivity contribution in [3.63, 3.8) is 0 Å². The van der Waals surface area contributed by atoms with E-state index in [-0.39, 0.29) is 18.3 Å². The molecule has 29 heavy (non-hydrogen) atoms. The number of rotatable bonds is 6. The molecule has 3 rings (SSSR count). The summed E-state index contributed by atoms with van der Waals surface area (Å²) in [7, 11) is 0. The van der Waals surface area contributed by atoms with Crippen LogP contribution in [0.3, 0.4) is 0 Å². The van der Waals surface area contributed by atoms with Crippen LogP contribution in [0.5, 0.6) is 0 Å². The fourth-order valence-electron chi connectivity index (χ4n) is 3.26. The van der Waals surface area contributed by atoms with Crippen LogP contribution < -0.4 is 10.6 Å². The van der Waals surface area contributed by atoms with E-state index in [4.69, 9.17) is 11.6 Å². The average Bonchev–Trinajstić information content (AvgIpc) is 3.02. The second-order valence-corrected chi connectivity index (χ2v) is 8.53. The summed E-state index contributed by atoms with van der Waals surface area (Å²) in [4.78, 5) is 16.2. The molecule has 154 valence electrons. The number of aliphatic hydroxyl groups is 1. The van der Waals surface area contributed by atoms with E-state index < -0.39 is 17.7 Å². The van der Waals surface area contributed by atoms with E-state index in [1.165, 1.54) is 12.1 Å². The van der Waals surface area contributed by atoms with Crippen LogP contribution in [0, 0.1) is 5.82 Å². The number of carbonyl (C=O) groups excluding carboxylic acids is 1. The maximum atomic E-state index is 13.1. The number of nitrogens with one attached hydrogen (secondary N) is 3. The zero-order valence-electron chi connectivity index (χ0n) is 16.6. The molecule has 2 atom stereocenters. The lowest BCUT2D eigenvalue weighted by Crippen LogP contribution is -2.50. The number of hydrogen-bond acceptors (Lipinski definition) is 3. The predicted octanol–water partition coefficient (Wildman–Crippen LogP) is 4.07. The number of benzene rings is 2. The summed E-state index contributed by atoms with van der Waals surface area (Å²) in [6, 6.07) is 11.3. The predicted molar refractivity (Wildman–Crippen MR) is 113 cm³/mol. The zero-order valence-corrected chi connectivity index (χ0v) is 17.3. The molecule has 2 unspecified atom stereocenters. The summed E-state index contributed by atoms with van der Waals surface area (Å²) in [5, 5.41) is 18.2. The van der Waals surface area contributed by atoms with Gasteiger partial charge in [-0.15, -0.1) is 0 Å². The number of H-pyrrole nitrogens is 1. The molecular formula is C22H25ClFN3O2. The molecule has 4 N–H and O–H groups in total. The van der Waals surface area contributed by atoms with Gasteiger partial charge >= 0.3 is 0 Å². The zero-order chi connectivity index (χ0) is 21.2. The molecule has 0 fully saturated rings. The highest BCUT2D eigenvalue weighted by atomic mass is 35.5. The van der Waals surface area contributed by atoms with Gasteiger partial charge in [-0.1, -0.05) is 29.8 Å². The summed E-state index contributed by atoms with van der Waals surface area (Å²) in [6.07, 6.45) is 0.606. The first kappa shape index (κ1) is 21.3. The second kappa shape index (κ2) is 8.53. The number of carbonyl (C=O) groups is 1. The summed E-state index contributed by atoms with van der Waals surface area (Å²) in [5.41, 5.74) is 1.82. The molecule has 1 amide bonds. The smallest absolute Gasteiger partial charge is 0.231 e. The van der Waals surface area contributed by atoms with Gasteiger partial charge in [0.25, 0.3) is 0 Å². The topological polar surface area (TPSA) is 77.2 Å². The Bertz CT molecular complexity index is 995. The van der Waals surface area contributed by atoms with Crippen molar-refractivity contribution < 1.29 is 14.3 Å². The van der Waals surface area contributed by atoms with Crippen LogP contribution in [0.4, 0.5) is 4.39 Å². The van der Waals surface area contributed by atoms with Crippen LogP contribution in [0.1, 0.15) is 37.8 Å². The lowest BCUT2D eigenvalue weighted by Gasteiger charge is -2.30. The molecular weight excluding hydrogens is 393 g/mol. The molecule has 0 saturated heterocycles. The van der Waals surface area contributed by atoms with Crippen molar-refractivity contribution in [1.82, 2.24) is 15.6 Å². The van der Waals surface area contributed by atoms with Gasteiger partial charge in [0.1, 0.15) is 18.0 Å². The highest BCUT2D eigenvalue weighted by Gasteiger charge is 2.32. The molecule has 7 heteroatoms. The van der Waals surface area contributed by atoms with Crippen molar-refractivity contribution in [2.45, 2.75) is 45.0 Å². The SMILES string of the molecule is CC(C)(C)NC(O)C(C(=O)NCc1ccc(F)cc1)c1c[nH]c2cc(Cl)ccc12. The number of amides is 1. The molecule has 0 bridgehead atoms. The minimum Gasteiger partial charge on any atom is -0.377 e. The third kappa shape index (κ3) is 5.35. The Hall–Kier alpha value is -2.41. The quantitative estimate of drug-likeness (QED) is 0.457. The molecule has 5 nitrogen and oxygen atoms in total. The van der Waals surface area contributed by atoms with Crippen LogP contribution >= 0.6 is 11.6 Å². The molecule has 3 aromatic rings. The highest BCUT2D eigenvalue weighted by molar-refractivity contribution is 6.31. The monoisotopic (exact) mass is 417 g/mol. The van der Waals surface area contributed by atoms with E-state index in [0.29, 0.717) is 10.6 Å². The molecule has 0 aliphatic heterocycles. The van der Waals surface area contributed by atoms with Gasteiger partial charge in [0.05, 0.1) is 0 Å². The highest BCUT2D eigenvalue weighted by Crippen LogP contribution is 2.30. The fraction of sp³-hybridized carbons (Fsp3) is 0.318. The molecule has 0 aliphatic rings. The van der Waals surface area contributed by atoms with Gasteiger partial charge in [0.15, 0.2) is 0 Å². The standard InChI is InChI=1S/C22H25ClFN3O2/c1-22(2,3)27-21(29)19(17-12-25-18-10-14(23)6-9-16(17)18)20(28)26-11-13-4-7-15(24)8-5-13/h4-10,12,19,21,25,27,29H,11H2,1-3H3,(H,26,28). The first-order valence-electron chi connectivity index (χ1n) is 9.38. The lowest BCUT2D eigenvalue weighted by molar-refractivity contribution is -0.126. The van der Waals surface area contributed by atoms with Gasteiger partial charge in [-0.25, -0.2) is 4.39 Å². The van der Waals surface area contributed by atoms with E-state index in [1.54, 1.807) is 30.5 Å². The van der Waals surface area contributed by atoms with Crippen molar-refractivity contribution in [3.05, 3.63) is 70.6 Å². The van der Waals surface area contributed by atoms with Crippen molar-refractivity contribution >= 4 is 28.4 Å². The number of aromatic nitrogens is 1. The third-order valence-electron chi connectivity index (χ3n) is 4.57. The van der Waals surface area contributed by atoms with E-state index in [1.807, 2.05) is 26.8 Å². The Kier molecular flexibility index (Phi) is 6.27. The molecule has 0 aliphatic carbocycles. The van der Waals surface area contributed by atoms with Crippen LogP contribution in [-0.4, -0.2) is 27.8 Å². The number of aromatic amines is 1.